The second kappa shape index (κ2) is 11.2. The topological polar surface area (TPSA) is 120 Å². The maximum Gasteiger partial charge on any atom is 0.268 e. The van der Waals surface area contributed by atoms with Gasteiger partial charge in [-0.2, -0.15) is 5.26 Å². The Kier molecular flexibility index (Phi) is 7.40. The molecule has 194 valence electrons. The number of ether oxygens (including phenoxy) is 3. The summed E-state index contributed by atoms with van der Waals surface area (Å²) in [7, 11) is 0. The van der Waals surface area contributed by atoms with Gasteiger partial charge in [0.1, 0.15) is 30.6 Å². The number of para-hydroxylation sites is 1. The number of ketones is 1. The van der Waals surface area contributed by atoms with E-state index in [1.165, 1.54) is 10.6 Å². The van der Waals surface area contributed by atoms with Crippen molar-refractivity contribution in [1.82, 2.24) is 4.57 Å². The molecule has 2 aliphatic rings. The minimum absolute atomic E-state index is 0.0353. The van der Waals surface area contributed by atoms with E-state index in [0.29, 0.717) is 30.4 Å². The molecule has 0 radical (unpaired) electrons. The Balaban J connectivity index is 1.33. The van der Waals surface area contributed by atoms with E-state index in [0.717, 1.165) is 32.1 Å². The molecule has 9 nitrogen and oxygen atoms in total. The minimum Gasteiger partial charge on any atom is -0.486 e. The maximum absolute atomic E-state index is 13.5. The molecule has 0 saturated heterocycles. The zero-order valence-electron chi connectivity index (χ0n) is 20.8. The minimum atomic E-state index is -0.415. The Morgan fingerprint density at radius 1 is 1.03 bits per heavy atom. The number of pyridine rings is 1. The number of carbonyl (C=O) groups is 2. The maximum atomic E-state index is 13.5. The van der Waals surface area contributed by atoms with E-state index < -0.39 is 11.7 Å². The molecule has 1 aliphatic carbocycles. The SMILES string of the molecule is N#Cc1cc(C(=O)c2ccccc2OCC(=O)Nc2ccc3c(c2)OCCO3)cn(C2CCCCC2)c1=O. The molecule has 1 aromatic heterocycles. The molecule has 2 aromatic carbocycles. The fourth-order valence-corrected chi connectivity index (χ4v) is 4.83. The highest BCUT2D eigenvalue weighted by atomic mass is 16.6. The first-order chi connectivity index (χ1) is 18.5. The fourth-order valence-electron chi connectivity index (χ4n) is 4.83. The molecule has 2 heterocycles. The highest BCUT2D eigenvalue weighted by Gasteiger charge is 2.22. The lowest BCUT2D eigenvalue weighted by Gasteiger charge is -2.24. The van der Waals surface area contributed by atoms with Gasteiger partial charge in [-0.1, -0.05) is 31.4 Å². The van der Waals surface area contributed by atoms with E-state index in [9.17, 15) is 19.6 Å². The van der Waals surface area contributed by atoms with Gasteiger partial charge in [0.25, 0.3) is 11.5 Å². The summed E-state index contributed by atoms with van der Waals surface area (Å²) in [6.45, 7) is 0.584. The third-order valence-corrected chi connectivity index (χ3v) is 6.71. The highest BCUT2D eigenvalue weighted by molar-refractivity contribution is 6.10. The molecule has 9 heteroatoms. The van der Waals surface area contributed by atoms with Gasteiger partial charge in [0.05, 0.1) is 5.56 Å². The Bertz CT molecular complexity index is 1470. The van der Waals surface area contributed by atoms with Crippen LogP contribution < -0.4 is 25.1 Å². The highest BCUT2D eigenvalue weighted by Crippen LogP contribution is 2.33. The van der Waals surface area contributed by atoms with Crippen LogP contribution >= 0.6 is 0 Å². The number of anilines is 1. The third kappa shape index (κ3) is 5.39. The second-order valence-electron chi connectivity index (χ2n) is 9.28. The predicted molar refractivity (Wildman–Crippen MR) is 139 cm³/mol. The summed E-state index contributed by atoms with van der Waals surface area (Å²) in [6.07, 6.45) is 6.33. The number of carbonyl (C=O) groups excluding carboxylic acids is 2. The van der Waals surface area contributed by atoms with Gasteiger partial charge in [0, 0.05) is 29.6 Å². The van der Waals surface area contributed by atoms with Crippen LogP contribution in [-0.2, 0) is 4.79 Å². The van der Waals surface area contributed by atoms with Crippen molar-refractivity contribution in [2.75, 3.05) is 25.1 Å². The molecule has 3 aromatic rings. The largest absolute Gasteiger partial charge is 0.486 e. The molecule has 5 rings (SSSR count). The number of rotatable bonds is 7. The molecule has 0 spiro atoms. The van der Waals surface area contributed by atoms with Crippen LogP contribution in [0.2, 0.25) is 0 Å². The van der Waals surface area contributed by atoms with E-state index in [-0.39, 0.29) is 40.6 Å². The van der Waals surface area contributed by atoms with E-state index in [4.69, 9.17) is 14.2 Å². The van der Waals surface area contributed by atoms with Crippen molar-refractivity contribution >= 4 is 17.4 Å². The van der Waals surface area contributed by atoms with Crippen molar-refractivity contribution in [3.05, 3.63) is 81.8 Å². The molecule has 1 N–H and O–H groups in total. The monoisotopic (exact) mass is 513 g/mol. The van der Waals surface area contributed by atoms with Gasteiger partial charge < -0.3 is 24.1 Å². The van der Waals surface area contributed by atoms with Gasteiger partial charge in [-0.25, -0.2) is 0 Å². The number of nitrogens with one attached hydrogen (secondary N) is 1. The number of amides is 1. The first kappa shape index (κ1) is 25.1. The van der Waals surface area contributed by atoms with E-state index in [2.05, 4.69) is 5.32 Å². The van der Waals surface area contributed by atoms with Crippen LogP contribution in [0.4, 0.5) is 5.69 Å². The van der Waals surface area contributed by atoms with Gasteiger partial charge in [-0.05, 0) is 43.2 Å². The van der Waals surface area contributed by atoms with Gasteiger partial charge in [-0.15, -0.1) is 0 Å². The van der Waals surface area contributed by atoms with Crippen molar-refractivity contribution in [3.8, 4) is 23.3 Å². The van der Waals surface area contributed by atoms with Crippen LogP contribution in [0.15, 0.2) is 59.5 Å². The average molecular weight is 514 g/mol. The van der Waals surface area contributed by atoms with E-state index in [1.807, 2.05) is 6.07 Å². The Hall–Kier alpha value is -4.58. The normalized spacial score (nSPS) is 14.8. The summed E-state index contributed by atoms with van der Waals surface area (Å²) in [6, 6.07) is 14.9. The van der Waals surface area contributed by atoms with Crippen molar-refractivity contribution in [1.29, 1.82) is 5.26 Å². The number of fused-ring (bicyclic) bond motifs is 1. The molecule has 38 heavy (non-hydrogen) atoms. The smallest absolute Gasteiger partial charge is 0.268 e. The van der Waals surface area contributed by atoms with Crippen molar-refractivity contribution in [2.24, 2.45) is 0 Å². The van der Waals surface area contributed by atoms with Crippen LogP contribution in [0.25, 0.3) is 0 Å². The first-order valence-corrected chi connectivity index (χ1v) is 12.7. The zero-order chi connectivity index (χ0) is 26.5. The van der Waals surface area contributed by atoms with Gasteiger partial charge in [-0.3, -0.25) is 14.4 Å². The van der Waals surface area contributed by atoms with Crippen LogP contribution in [0.1, 0.15) is 59.6 Å². The lowest BCUT2D eigenvalue weighted by atomic mass is 9.94. The average Bonchev–Trinajstić information content (AvgIpc) is 2.96. The number of hydrogen-bond acceptors (Lipinski definition) is 7. The number of hydrogen-bond donors (Lipinski definition) is 1. The van der Waals surface area contributed by atoms with Gasteiger partial charge >= 0.3 is 0 Å². The lowest BCUT2D eigenvalue weighted by Crippen LogP contribution is -2.29. The Morgan fingerprint density at radius 3 is 2.58 bits per heavy atom. The van der Waals surface area contributed by atoms with Crippen molar-refractivity contribution < 1.29 is 23.8 Å². The molecule has 0 bridgehead atoms. The Morgan fingerprint density at radius 2 is 1.79 bits per heavy atom. The Labute approximate surface area is 219 Å². The predicted octanol–water partition coefficient (Wildman–Crippen LogP) is 4.24. The van der Waals surface area contributed by atoms with E-state index in [1.54, 1.807) is 48.7 Å². The summed E-state index contributed by atoms with van der Waals surface area (Å²) >= 11 is 0. The zero-order valence-corrected chi connectivity index (χ0v) is 20.8. The molecule has 0 atom stereocenters. The van der Waals surface area contributed by atoms with Crippen LogP contribution in [0.5, 0.6) is 17.2 Å². The molecule has 1 saturated carbocycles. The van der Waals surface area contributed by atoms with Crippen molar-refractivity contribution in [2.45, 2.75) is 38.1 Å². The standard InChI is InChI=1S/C29H27N3O6/c30-16-19-14-20(17-32(29(19)35)22-6-2-1-3-7-22)28(34)23-8-4-5-9-24(23)38-18-27(33)31-21-10-11-25-26(15-21)37-13-12-36-25/h4-5,8-11,14-15,17,22H,1-3,6-7,12-13,18H2,(H,31,33). The summed E-state index contributed by atoms with van der Waals surface area (Å²) in [5.74, 6) is 0.587. The summed E-state index contributed by atoms with van der Waals surface area (Å²) in [4.78, 5) is 38.9. The number of benzene rings is 2. The van der Waals surface area contributed by atoms with Crippen LogP contribution in [0.3, 0.4) is 0 Å². The summed E-state index contributed by atoms with van der Waals surface area (Å²) < 4.78 is 18.3. The number of aromatic nitrogens is 1. The second-order valence-corrected chi connectivity index (χ2v) is 9.28. The molecular weight excluding hydrogens is 486 g/mol. The summed E-state index contributed by atoms with van der Waals surface area (Å²) in [5, 5.41) is 12.3. The van der Waals surface area contributed by atoms with Crippen molar-refractivity contribution in [3.63, 3.8) is 0 Å². The van der Waals surface area contributed by atoms with Gasteiger partial charge in [0.2, 0.25) is 0 Å². The molecule has 0 unspecified atom stereocenters. The first-order valence-electron chi connectivity index (χ1n) is 12.7. The molecule has 1 aliphatic heterocycles. The molecular formula is C29H27N3O6. The number of nitrogens with zero attached hydrogens (tertiary/aromatic N) is 2. The van der Waals surface area contributed by atoms with E-state index >= 15 is 0 Å². The fraction of sp³-hybridized carbons (Fsp3) is 0.310. The van der Waals surface area contributed by atoms with Crippen LogP contribution in [0, 0.1) is 11.3 Å². The third-order valence-electron chi connectivity index (χ3n) is 6.71. The number of nitriles is 1. The molecule has 1 amide bonds. The quantitative estimate of drug-likeness (QED) is 0.469. The van der Waals surface area contributed by atoms with Crippen LogP contribution in [-0.4, -0.2) is 36.1 Å². The lowest BCUT2D eigenvalue weighted by molar-refractivity contribution is -0.118. The van der Waals surface area contributed by atoms with Gasteiger partial charge in [0.15, 0.2) is 23.9 Å². The molecule has 1 fully saturated rings. The summed E-state index contributed by atoms with van der Waals surface area (Å²) in [5.41, 5.74) is 0.539.